The number of aliphatic hydroxyl groups is 1. The van der Waals surface area contributed by atoms with Crippen LogP contribution in [0.4, 0.5) is 11.4 Å². The second kappa shape index (κ2) is 4.51. The van der Waals surface area contributed by atoms with Gasteiger partial charge in [0.2, 0.25) is 0 Å². The van der Waals surface area contributed by atoms with Gasteiger partial charge in [0, 0.05) is 31.0 Å². The maximum atomic E-state index is 9.27. The van der Waals surface area contributed by atoms with E-state index in [0.717, 1.165) is 31.0 Å². The first kappa shape index (κ1) is 10.3. The lowest BCUT2D eigenvalue weighted by molar-refractivity contribution is 0.246. The van der Waals surface area contributed by atoms with Crippen LogP contribution >= 0.6 is 0 Å². The summed E-state index contributed by atoms with van der Waals surface area (Å²) in [5, 5.41) is 12.5. The molecule has 0 bridgehead atoms. The van der Waals surface area contributed by atoms with E-state index in [-0.39, 0.29) is 12.6 Å². The van der Waals surface area contributed by atoms with Crippen molar-refractivity contribution in [3.63, 3.8) is 0 Å². The summed E-state index contributed by atoms with van der Waals surface area (Å²) < 4.78 is 0. The fourth-order valence-corrected chi connectivity index (χ4v) is 1.93. The molecular weight excluding hydrogens is 190 g/mol. The summed E-state index contributed by atoms with van der Waals surface area (Å²) in [6, 6.07) is 7.96. The van der Waals surface area contributed by atoms with Crippen LogP contribution in [-0.4, -0.2) is 37.4 Å². The quantitative estimate of drug-likeness (QED) is 0.599. The summed E-state index contributed by atoms with van der Waals surface area (Å²) in [4.78, 5) is 2.22. The zero-order valence-electron chi connectivity index (χ0n) is 8.69. The van der Waals surface area contributed by atoms with Gasteiger partial charge in [-0.2, -0.15) is 0 Å². The third kappa shape index (κ3) is 2.22. The Labute approximate surface area is 89.7 Å². The largest absolute Gasteiger partial charge is 0.399 e. The van der Waals surface area contributed by atoms with Crippen LogP contribution in [-0.2, 0) is 0 Å². The predicted octanol–water partition coefficient (Wildman–Crippen LogP) is 0.0393. The summed E-state index contributed by atoms with van der Waals surface area (Å²) in [6.45, 7) is 2.90. The molecule has 0 radical (unpaired) electrons. The van der Waals surface area contributed by atoms with E-state index in [9.17, 15) is 5.11 Å². The molecular formula is C11H17N3O. The number of hydrogen-bond acceptors (Lipinski definition) is 4. The molecule has 15 heavy (non-hydrogen) atoms. The Morgan fingerprint density at radius 1 is 1.40 bits per heavy atom. The molecule has 0 spiro atoms. The van der Waals surface area contributed by atoms with Gasteiger partial charge >= 0.3 is 0 Å². The Morgan fingerprint density at radius 2 is 2.13 bits per heavy atom. The van der Waals surface area contributed by atoms with Gasteiger partial charge in [-0.1, -0.05) is 0 Å². The first-order chi connectivity index (χ1) is 7.31. The molecule has 1 atom stereocenters. The average molecular weight is 207 g/mol. The van der Waals surface area contributed by atoms with Crippen molar-refractivity contribution in [3.8, 4) is 0 Å². The van der Waals surface area contributed by atoms with Crippen LogP contribution in [0.1, 0.15) is 0 Å². The number of nitrogens with one attached hydrogen (secondary N) is 1. The van der Waals surface area contributed by atoms with Crippen LogP contribution < -0.4 is 16.0 Å². The van der Waals surface area contributed by atoms with Crippen molar-refractivity contribution < 1.29 is 5.11 Å². The topological polar surface area (TPSA) is 61.5 Å². The fourth-order valence-electron chi connectivity index (χ4n) is 1.93. The summed E-state index contributed by atoms with van der Waals surface area (Å²) in [6.07, 6.45) is 0. The minimum Gasteiger partial charge on any atom is -0.399 e. The van der Waals surface area contributed by atoms with E-state index >= 15 is 0 Å². The zero-order valence-corrected chi connectivity index (χ0v) is 8.69. The van der Waals surface area contributed by atoms with E-state index in [0.29, 0.717) is 0 Å². The highest BCUT2D eigenvalue weighted by Crippen LogP contribution is 2.19. The smallest absolute Gasteiger partial charge is 0.0647 e. The Hall–Kier alpha value is -1.26. The van der Waals surface area contributed by atoms with Gasteiger partial charge < -0.3 is 21.1 Å². The normalized spacial score (nSPS) is 21.7. The maximum absolute atomic E-state index is 9.27. The molecule has 1 saturated heterocycles. The third-order valence-electron chi connectivity index (χ3n) is 2.79. The standard InChI is InChI=1S/C11H17N3O/c12-9-1-3-10(4-2-9)14-6-5-13-7-11(14)8-15/h1-4,11,13,15H,5-8,12H2. The Bertz CT molecular complexity index is 312. The van der Waals surface area contributed by atoms with E-state index in [1.165, 1.54) is 0 Å². The molecule has 1 aromatic carbocycles. The van der Waals surface area contributed by atoms with Crippen LogP contribution in [0.15, 0.2) is 24.3 Å². The number of nitrogen functional groups attached to an aromatic ring is 1. The number of piperazine rings is 1. The van der Waals surface area contributed by atoms with Crippen molar-refractivity contribution >= 4 is 11.4 Å². The van der Waals surface area contributed by atoms with Crippen molar-refractivity contribution in [1.29, 1.82) is 0 Å². The molecule has 2 rings (SSSR count). The Kier molecular flexibility index (Phi) is 3.08. The van der Waals surface area contributed by atoms with Crippen LogP contribution in [0.2, 0.25) is 0 Å². The molecule has 1 heterocycles. The lowest BCUT2D eigenvalue weighted by atomic mass is 10.1. The number of nitrogens with zero attached hydrogens (tertiary/aromatic N) is 1. The minimum atomic E-state index is 0.169. The second-order valence-corrected chi connectivity index (χ2v) is 3.83. The van der Waals surface area contributed by atoms with Gasteiger partial charge in [-0.15, -0.1) is 0 Å². The lowest BCUT2D eigenvalue weighted by Crippen LogP contribution is -2.53. The van der Waals surface area contributed by atoms with E-state index in [1.807, 2.05) is 24.3 Å². The number of rotatable bonds is 2. The molecule has 0 aliphatic carbocycles. The first-order valence-corrected chi connectivity index (χ1v) is 5.25. The van der Waals surface area contributed by atoms with Gasteiger partial charge in [-0.05, 0) is 24.3 Å². The number of benzene rings is 1. The average Bonchev–Trinajstić information content (AvgIpc) is 2.30. The number of nitrogens with two attached hydrogens (primary N) is 1. The molecule has 4 N–H and O–H groups in total. The number of hydrogen-bond donors (Lipinski definition) is 3. The molecule has 1 aliphatic rings. The lowest BCUT2D eigenvalue weighted by Gasteiger charge is -2.37. The zero-order chi connectivity index (χ0) is 10.7. The predicted molar refractivity (Wildman–Crippen MR) is 61.9 cm³/mol. The molecule has 82 valence electrons. The molecule has 1 aliphatic heterocycles. The van der Waals surface area contributed by atoms with Gasteiger partial charge in [0.05, 0.1) is 12.6 Å². The molecule has 4 nitrogen and oxygen atoms in total. The summed E-state index contributed by atoms with van der Waals surface area (Å²) in [5.41, 5.74) is 7.55. The van der Waals surface area contributed by atoms with Crippen LogP contribution in [0.25, 0.3) is 0 Å². The van der Waals surface area contributed by atoms with Crippen molar-refractivity contribution in [2.45, 2.75) is 6.04 Å². The molecule has 0 amide bonds. The molecule has 1 unspecified atom stereocenters. The van der Waals surface area contributed by atoms with Gasteiger partial charge in [0.25, 0.3) is 0 Å². The van der Waals surface area contributed by atoms with E-state index in [1.54, 1.807) is 0 Å². The van der Waals surface area contributed by atoms with Crippen LogP contribution in [0, 0.1) is 0 Å². The SMILES string of the molecule is Nc1ccc(N2CCNCC2CO)cc1. The second-order valence-electron chi connectivity index (χ2n) is 3.83. The van der Waals surface area contributed by atoms with Crippen molar-refractivity contribution in [2.75, 3.05) is 36.9 Å². The van der Waals surface area contributed by atoms with Crippen LogP contribution in [0.5, 0.6) is 0 Å². The molecule has 1 fully saturated rings. The highest BCUT2D eigenvalue weighted by atomic mass is 16.3. The van der Waals surface area contributed by atoms with Gasteiger partial charge in [0.1, 0.15) is 0 Å². The highest BCUT2D eigenvalue weighted by Gasteiger charge is 2.21. The van der Waals surface area contributed by atoms with Crippen molar-refractivity contribution in [3.05, 3.63) is 24.3 Å². The summed E-state index contributed by atoms with van der Waals surface area (Å²) in [5.74, 6) is 0. The highest BCUT2D eigenvalue weighted by molar-refractivity contribution is 5.54. The minimum absolute atomic E-state index is 0.169. The Morgan fingerprint density at radius 3 is 2.80 bits per heavy atom. The van der Waals surface area contributed by atoms with Gasteiger partial charge in [-0.3, -0.25) is 0 Å². The third-order valence-corrected chi connectivity index (χ3v) is 2.79. The van der Waals surface area contributed by atoms with E-state index in [2.05, 4.69) is 10.2 Å². The van der Waals surface area contributed by atoms with Gasteiger partial charge in [-0.25, -0.2) is 0 Å². The number of anilines is 2. The molecule has 0 aromatic heterocycles. The van der Waals surface area contributed by atoms with Crippen molar-refractivity contribution in [1.82, 2.24) is 5.32 Å². The van der Waals surface area contributed by atoms with Crippen molar-refractivity contribution in [2.24, 2.45) is 0 Å². The monoisotopic (exact) mass is 207 g/mol. The summed E-state index contributed by atoms with van der Waals surface area (Å²) in [7, 11) is 0. The summed E-state index contributed by atoms with van der Waals surface area (Å²) >= 11 is 0. The van der Waals surface area contributed by atoms with Crippen LogP contribution in [0.3, 0.4) is 0 Å². The fraction of sp³-hybridized carbons (Fsp3) is 0.455. The maximum Gasteiger partial charge on any atom is 0.0647 e. The molecule has 0 saturated carbocycles. The van der Waals surface area contributed by atoms with Gasteiger partial charge in [0.15, 0.2) is 0 Å². The molecule has 4 heteroatoms. The first-order valence-electron chi connectivity index (χ1n) is 5.25. The van der Waals surface area contributed by atoms with E-state index in [4.69, 9.17) is 5.73 Å². The van der Waals surface area contributed by atoms with E-state index < -0.39 is 0 Å². The number of aliphatic hydroxyl groups excluding tert-OH is 1. The molecule has 1 aromatic rings. The Balaban J connectivity index is 2.16.